The fourth-order valence-electron chi connectivity index (χ4n) is 3.88. The van der Waals surface area contributed by atoms with Crippen LogP contribution in [-0.4, -0.2) is 25.8 Å². The van der Waals surface area contributed by atoms with Gasteiger partial charge in [-0.2, -0.15) is 0 Å². The van der Waals surface area contributed by atoms with Gasteiger partial charge in [-0.05, 0) is 91.8 Å². The standard InChI is InChI=1S/C26H28N2O3S/c1-4-31-21-12-8-19(9-13-21)28-25(29)24-22-14-5-17(2)15-23(22)32-26(24)27-16-18-6-10-20(30-3)11-7-18/h6-13,16-17H,4-5,14-15H2,1-3H3,(H,28,29)/t17-/m0/s1. The predicted molar refractivity (Wildman–Crippen MR) is 131 cm³/mol. The number of aliphatic imine (C=N–C) groups is 1. The van der Waals surface area contributed by atoms with Crippen molar-refractivity contribution in [3.8, 4) is 11.5 Å². The number of nitrogens with one attached hydrogen (secondary N) is 1. The van der Waals surface area contributed by atoms with Crippen molar-refractivity contribution in [3.05, 3.63) is 70.1 Å². The van der Waals surface area contributed by atoms with Gasteiger partial charge in [0.1, 0.15) is 16.5 Å². The fourth-order valence-corrected chi connectivity index (χ4v) is 5.23. The van der Waals surface area contributed by atoms with Crippen LogP contribution in [0.2, 0.25) is 0 Å². The molecule has 3 aromatic rings. The topological polar surface area (TPSA) is 59.9 Å². The van der Waals surface area contributed by atoms with Crippen LogP contribution in [-0.2, 0) is 12.8 Å². The number of ether oxygens (including phenoxy) is 2. The van der Waals surface area contributed by atoms with Gasteiger partial charge in [0.05, 0.1) is 19.3 Å². The zero-order chi connectivity index (χ0) is 22.5. The number of hydrogen-bond acceptors (Lipinski definition) is 5. The highest BCUT2D eigenvalue weighted by molar-refractivity contribution is 7.16. The Bertz CT molecular complexity index is 1100. The van der Waals surface area contributed by atoms with Gasteiger partial charge < -0.3 is 14.8 Å². The molecule has 1 aromatic heterocycles. The Balaban J connectivity index is 1.61. The molecule has 0 saturated heterocycles. The molecule has 0 spiro atoms. The average Bonchev–Trinajstić information content (AvgIpc) is 3.17. The highest BCUT2D eigenvalue weighted by Gasteiger charge is 2.27. The third-order valence-corrected chi connectivity index (χ3v) is 6.75. The van der Waals surface area contributed by atoms with Crippen molar-refractivity contribution in [2.75, 3.05) is 19.0 Å². The zero-order valence-electron chi connectivity index (χ0n) is 18.7. The molecule has 4 rings (SSSR count). The van der Waals surface area contributed by atoms with Crippen LogP contribution in [0.15, 0.2) is 53.5 Å². The minimum atomic E-state index is -0.108. The first-order chi connectivity index (χ1) is 15.6. The second-order valence-corrected chi connectivity index (χ2v) is 9.06. The Kier molecular flexibility index (Phi) is 6.90. The summed E-state index contributed by atoms with van der Waals surface area (Å²) in [6.07, 6.45) is 4.82. The molecule has 1 heterocycles. The first-order valence-electron chi connectivity index (χ1n) is 10.9. The summed E-state index contributed by atoms with van der Waals surface area (Å²) in [5.41, 5.74) is 3.56. The average molecular weight is 449 g/mol. The number of carbonyl (C=O) groups is 1. The lowest BCUT2D eigenvalue weighted by molar-refractivity contribution is 0.102. The highest BCUT2D eigenvalue weighted by Crippen LogP contribution is 2.41. The van der Waals surface area contributed by atoms with Gasteiger partial charge in [0.25, 0.3) is 5.91 Å². The fraction of sp³-hybridized carbons (Fsp3) is 0.308. The third-order valence-electron chi connectivity index (χ3n) is 5.59. The number of anilines is 1. The van der Waals surface area contributed by atoms with Crippen LogP contribution in [0.3, 0.4) is 0 Å². The van der Waals surface area contributed by atoms with E-state index in [4.69, 9.17) is 14.5 Å². The van der Waals surface area contributed by atoms with Gasteiger partial charge in [-0.15, -0.1) is 11.3 Å². The molecule has 32 heavy (non-hydrogen) atoms. The van der Waals surface area contributed by atoms with Gasteiger partial charge in [0.15, 0.2) is 0 Å². The summed E-state index contributed by atoms with van der Waals surface area (Å²) < 4.78 is 10.7. The SMILES string of the molecule is CCOc1ccc(NC(=O)c2c(N=Cc3ccc(OC)cc3)sc3c2CC[C@H](C)C3)cc1. The molecular formula is C26H28N2O3S. The van der Waals surface area contributed by atoms with Crippen LogP contribution in [0.4, 0.5) is 10.7 Å². The van der Waals surface area contributed by atoms with E-state index in [1.54, 1.807) is 18.4 Å². The minimum absolute atomic E-state index is 0.108. The quantitative estimate of drug-likeness (QED) is 0.433. The van der Waals surface area contributed by atoms with E-state index in [-0.39, 0.29) is 5.91 Å². The van der Waals surface area contributed by atoms with Crippen molar-refractivity contribution in [3.63, 3.8) is 0 Å². The lowest BCUT2D eigenvalue weighted by atomic mass is 9.88. The molecule has 1 amide bonds. The molecule has 0 radical (unpaired) electrons. The number of carbonyl (C=O) groups excluding carboxylic acids is 1. The van der Waals surface area contributed by atoms with E-state index >= 15 is 0 Å². The number of benzene rings is 2. The number of rotatable bonds is 7. The van der Waals surface area contributed by atoms with Crippen LogP contribution in [0.1, 0.15) is 46.6 Å². The van der Waals surface area contributed by atoms with Gasteiger partial charge in [0, 0.05) is 16.8 Å². The van der Waals surface area contributed by atoms with Crippen LogP contribution < -0.4 is 14.8 Å². The minimum Gasteiger partial charge on any atom is -0.497 e. The lowest BCUT2D eigenvalue weighted by Crippen LogP contribution is -2.16. The zero-order valence-corrected chi connectivity index (χ0v) is 19.5. The first kappa shape index (κ1) is 22.1. The van der Waals surface area contributed by atoms with Crippen LogP contribution >= 0.6 is 11.3 Å². The highest BCUT2D eigenvalue weighted by atomic mass is 32.1. The molecule has 0 unspecified atom stereocenters. The van der Waals surface area contributed by atoms with Gasteiger partial charge >= 0.3 is 0 Å². The van der Waals surface area contributed by atoms with E-state index in [2.05, 4.69) is 12.2 Å². The Labute approximate surface area is 193 Å². The van der Waals surface area contributed by atoms with E-state index in [0.717, 1.165) is 52.6 Å². The number of hydrogen-bond donors (Lipinski definition) is 1. The van der Waals surface area contributed by atoms with Crippen molar-refractivity contribution in [1.82, 2.24) is 0 Å². The Morgan fingerprint density at radius 3 is 2.56 bits per heavy atom. The molecule has 166 valence electrons. The Hall–Kier alpha value is -3.12. The number of fused-ring (bicyclic) bond motifs is 1. The van der Waals surface area contributed by atoms with E-state index in [0.29, 0.717) is 18.1 Å². The summed E-state index contributed by atoms with van der Waals surface area (Å²) in [5.74, 6) is 2.11. The molecule has 2 aromatic carbocycles. The van der Waals surface area contributed by atoms with Crippen LogP contribution in [0, 0.1) is 5.92 Å². The maximum atomic E-state index is 13.3. The molecule has 1 atom stereocenters. The molecule has 0 fully saturated rings. The van der Waals surface area contributed by atoms with Crippen LogP contribution in [0.5, 0.6) is 11.5 Å². The second-order valence-electron chi connectivity index (χ2n) is 7.97. The Morgan fingerprint density at radius 1 is 1.16 bits per heavy atom. The molecule has 6 heteroatoms. The van der Waals surface area contributed by atoms with Crippen molar-refractivity contribution in [2.24, 2.45) is 10.9 Å². The molecular weight excluding hydrogens is 420 g/mol. The third kappa shape index (κ3) is 5.02. The van der Waals surface area contributed by atoms with E-state index in [1.807, 2.05) is 61.7 Å². The molecule has 1 aliphatic carbocycles. The van der Waals surface area contributed by atoms with Gasteiger partial charge in [0.2, 0.25) is 0 Å². The summed E-state index contributed by atoms with van der Waals surface area (Å²) in [5, 5.41) is 3.82. The lowest BCUT2D eigenvalue weighted by Gasteiger charge is -2.18. The normalized spacial score (nSPS) is 15.4. The van der Waals surface area contributed by atoms with Gasteiger partial charge in [-0.3, -0.25) is 4.79 Å². The summed E-state index contributed by atoms with van der Waals surface area (Å²) in [6, 6.07) is 15.2. The summed E-state index contributed by atoms with van der Waals surface area (Å²) in [7, 11) is 1.65. The van der Waals surface area contributed by atoms with Crippen LogP contribution in [0.25, 0.3) is 0 Å². The maximum absolute atomic E-state index is 13.3. The number of methoxy groups -OCH3 is 1. The largest absolute Gasteiger partial charge is 0.497 e. The van der Waals surface area contributed by atoms with Gasteiger partial charge in [-0.1, -0.05) is 6.92 Å². The molecule has 0 bridgehead atoms. The Morgan fingerprint density at radius 2 is 1.88 bits per heavy atom. The van der Waals surface area contributed by atoms with E-state index in [9.17, 15) is 4.79 Å². The molecule has 0 aliphatic heterocycles. The summed E-state index contributed by atoms with van der Waals surface area (Å²) in [4.78, 5) is 19.3. The van der Waals surface area contributed by atoms with Gasteiger partial charge in [-0.25, -0.2) is 4.99 Å². The number of thiophene rings is 1. The molecule has 5 nitrogen and oxygen atoms in total. The molecule has 1 aliphatic rings. The maximum Gasteiger partial charge on any atom is 0.259 e. The first-order valence-corrected chi connectivity index (χ1v) is 11.8. The van der Waals surface area contributed by atoms with Crippen molar-refractivity contribution in [2.45, 2.75) is 33.1 Å². The van der Waals surface area contributed by atoms with E-state index < -0.39 is 0 Å². The smallest absolute Gasteiger partial charge is 0.259 e. The molecule has 0 saturated carbocycles. The second kappa shape index (κ2) is 10.0. The van der Waals surface area contributed by atoms with Crippen molar-refractivity contribution >= 4 is 34.1 Å². The molecule has 1 N–H and O–H groups in total. The van der Waals surface area contributed by atoms with Crippen molar-refractivity contribution < 1.29 is 14.3 Å². The monoisotopic (exact) mass is 448 g/mol. The summed E-state index contributed by atoms with van der Waals surface area (Å²) in [6.45, 7) is 4.83. The number of nitrogens with zero attached hydrogens (tertiary/aromatic N) is 1. The summed E-state index contributed by atoms with van der Waals surface area (Å²) >= 11 is 1.64. The van der Waals surface area contributed by atoms with Crippen molar-refractivity contribution in [1.29, 1.82) is 0 Å². The van der Waals surface area contributed by atoms with E-state index in [1.165, 1.54) is 4.88 Å². The predicted octanol–water partition coefficient (Wildman–Crippen LogP) is 6.28. The number of amides is 1.